The monoisotopic (exact) mass is 392 g/mol. The Morgan fingerprint density at radius 3 is 2.72 bits per heavy atom. The second-order valence-corrected chi connectivity index (χ2v) is 7.54. The fourth-order valence-electron chi connectivity index (χ4n) is 3.79. The van der Waals surface area contributed by atoms with Crippen LogP contribution in [0.1, 0.15) is 34.8 Å². The van der Waals surface area contributed by atoms with E-state index in [0.29, 0.717) is 24.7 Å². The molecule has 0 spiro atoms. The smallest absolute Gasteiger partial charge is 0.270 e. The van der Waals surface area contributed by atoms with Crippen molar-refractivity contribution in [2.24, 2.45) is 13.0 Å². The minimum atomic E-state index is -0.258. The van der Waals surface area contributed by atoms with Gasteiger partial charge in [-0.3, -0.25) is 9.59 Å². The summed E-state index contributed by atoms with van der Waals surface area (Å²) in [5, 5.41) is 0. The summed E-state index contributed by atoms with van der Waals surface area (Å²) < 4.78 is 1.95. The molecule has 0 atom stereocenters. The van der Waals surface area contributed by atoms with Crippen LogP contribution in [0.15, 0.2) is 41.5 Å². The maximum Gasteiger partial charge on any atom is 0.270 e. The first kappa shape index (κ1) is 19.0. The predicted octanol–water partition coefficient (Wildman–Crippen LogP) is 1.97. The van der Waals surface area contributed by atoms with Crippen molar-refractivity contribution in [2.75, 3.05) is 13.1 Å². The maximum absolute atomic E-state index is 12.6. The van der Waals surface area contributed by atoms with Gasteiger partial charge in [0, 0.05) is 50.7 Å². The average Bonchev–Trinajstić information content (AvgIpc) is 3.13. The van der Waals surface area contributed by atoms with Crippen LogP contribution < -0.4 is 5.56 Å². The van der Waals surface area contributed by atoms with Crippen molar-refractivity contribution in [3.63, 3.8) is 0 Å². The average molecular weight is 392 g/mol. The maximum atomic E-state index is 12.6. The van der Waals surface area contributed by atoms with Crippen molar-refractivity contribution >= 4 is 5.91 Å². The molecule has 3 aromatic heterocycles. The summed E-state index contributed by atoms with van der Waals surface area (Å²) in [6.45, 7) is 3.30. The second-order valence-electron chi connectivity index (χ2n) is 7.54. The number of aryl methyl sites for hydroxylation is 2. The SMILES string of the molecule is Cc1cc(-c2nccn2C)nc(CC2CCN(C(=O)c3cccc(=O)[nH]3)CC2)n1. The van der Waals surface area contributed by atoms with Crippen LogP contribution in [0.4, 0.5) is 0 Å². The first-order valence-electron chi connectivity index (χ1n) is 9.80. The van der Waals surface area contributed by atoms with E-state index in [4.69, 9.17) is 4.98 Å². The second kappa shape index (κ2) is 7.98. The zero-order valence-electron chi connectivity index (χ0n) is 16.6. The number of imidazole rings is 1. The Hall–Kier alpha value is -3.29. The van der Waals surface area contributed by atoms with E-state index in [1.807, 2.05) is 30.8 Å². The molecule has 29 heavy (non-hydrogen) atoms. The highest BCUT2D eigenvalue weighted by molar-refractivity contribution is 5.92. The number of piperidine rings is 1. The lowest BCUT2D eigenvalue weighted by molar-refractivity contribution is 0.0683. The van der Waals surface area contributed by atoms with E-state index in [-0.39, 0.29) is 11.5 Å². The number of carbonyl (C=O) groups is 1. The van der Waals surface area contributed by atoms with Crippen LogP contribution >= 0.6 is 0 Å². The van der Waals surface area contributed by atoms with Gasteiger partial charge in [0.15, 0.2) is 5.82 Å². The molecule has 0 radical (unpaired) electrons. The Labute approximate surface area is 168 Å². The molecular formula is C21H24N6O2. The molecule has 0 aliphatic carbocycles. The lowest BCUT2D eigenvalue weighted by atomic mass is 9.93. The number of nitrogens with zero attached hydrogens (tertiary/aromatic N) is 5. The van der Waals surface area contributed by atoms with Gasteiger partial charge in [-0.2, -0.15) is 0 Å². The normalized spacial score (nSPS) is 14.9. The molecule has 150 valence electrons. The quantitative estimate of drug-likeness (QED) is 0.732. The number of H-pyrrole nitrogens is 1. The number of pyridine rings is 1. The van der Waals surface area contributed by atoms with Gasteiger partial charge < -0.3 is 14.5 Å². The summed E-state index contributed by atoms with van der Waals surface area (Å²) in [5.41, 5.74) is 1.85. The standard InChI is InChI=1S/C21H24N6O2/c1-14-12-17(20-22-8-11-26(20)2)24-18(23-14)13-15-6-9-27(10-7-15)21(29)16-4-3-5-19(28)25-16/h3-5,8,11-12,15H,6-7,9-10,13H2,1-2H3,(H,25,28). The molecule has 0 unspecified atom stereocenters. The third kappa shape index (κ3) is 4.26. The summed E-state index contributed by atoms with van der Waals surface area (Å²) in [5.74, 6) is 1.95. The van der Waals surface area contributed by atoms with Crippen molar-refractivity contribution < 1.29 is 4.79 Å². The van der Waals surface area contributed by atoms with Gasteiger partial charge >= 0.3 is 0 Å². The van der Waals surface area contributed by atoms with Crippen LogP contribution in [0.2, 0.25) is 0 Å². The van der Waals surface area contributed by atoms with E-state index in [2.05, 4.69) is 15.0 Å². The van der Waals surface area contributed by atoms with Crippen molar-refractivity contribution in [3.05, 3.63) is 64.2 Å². The molecule has 3 aromatic rings. The molecule has 0 bridgehead atoms. The Morgan fingerprint density at radius 1 is 1.24 bits per heavy atom. The molecule has 1 aliphatic heterocycles. The van der Waals surface area contributed by atoms with Crippen molar-refractivity contribution in [3.8, 4) is 11.5 Å². The van der Waals surface area contributed by atoms with Gasteiger partial charge in [-0.15, -0.1) is 0 Å². The van der Waals surface area contributed by atoms with Gasteiger partial charge in [-0.25, -0.2) is 15.0 Å². The Bertz CT molecular complexity index is 1080. The number of amides is 1. The molecule has 1 fully saturated rings. The number of aromatic nitrogens is 5. The third-order valence-corrected chi connectivity index (χ3v) is 5.32. The highest BCUT2D eigenvalue weighted by Gasteiger charge is 2.25. The van der Waals surface area contributed by atoms with Gasteiger partial charge in [0.2, 0.25) is 5.56 Å². The summed E-state index contributed by atoms with van der Waals surface area (Å²) in [7, 11) is 1.95. The molecule has 0 aromatic carbocycles. The molecule has 8 nitrogen and oxygen atoms in total. The fourth-order valence-corrected chi connectivity index (χ4v) is 3.79. The third-order valence-electron chi connectivity index (χ3n) is 5.32. The zero-order valence-corrected chi connectivity index (χ0v) is 16.6. The minimum Gasteiger partial charge on any atom is -0.337 e. The summed E-state index contributed by atoms with van der Waals surface area (Å²) in [6.07, 6.45) is 6.22. The Balaban J connectivity index is 1.41. The van der Waals surface area contributed by atoms with E-state index in [9.17, 15) is 9.59 Å². The topological polar surface area (TPSA) is 96.8 Å². The van der Waals surface area contributed by atoms with Gasteiger partial charge in [-0.05, 0) is 37.8 Å². The summed E-state index contributed by atoms with van der Waals surface area (Å²) in [4.78, 5) is 42.2. The van der Waals surface area contributed by atoms with Gasteiger partial charge in [0.05, 0.1) is 0 Å². The van der Waals surface area contributed by atoms with Crippen molar-refractivity contribution in [1.82, 2.24) is 29.4 Å². The van der Waals surface area contributed by atoms with E-state index >= 15 is 0 Å². The van der Waals surface area contributed by atoms with Crippen molar-refractivity contribution in [1.29, 1.82) is 0 Å². The molecule has 1 N–H and O–H groups in total. The molecule has 1 saturated heterocycles. The Kier molecular flexibility index (Phi) is 5.24. The zero-order chi connectivity index (χ0) is 20.4. The minimum absolute atomic E-state index is 0.120. The molecular weight excluding hydrogens is 368 g/mol. The molecule has 4 heterocycles. The van der Waals surface area contributed by atoms with Gasteiger partial charge in [0.25, 0.3) is 5.91 Å². The molecule has 4 rings (SSSR count). The highest BCUT2D eigenvalue weighted by atomic mass is 16.2. The van der Waals surface area contributed by atoms with E-state index < -0.39 is 0 Å². The first-order chi connectivity index (χ1) is 14.0. The van der Waals surface area contributed by atoms with Crippen LogP contribution in [-0.4, -0.2) is 48.4 Å². The van der Waals surface area contributed by atoms with E-state index in [1.165, 1.54) is 6.07 Å². The van der Waals surface area contributed by atoms with Crippen LogP contribution in [-0.2, 0) is 13.5 Å². The number of carbonyl (C=O) groups excluding carboxylic acids is 1. The molecule has 0 saturated carbocycles. The number of hydrogen-bond donors (Lipinski definition) is 1. The lowest BCUT2D eigenvalue weighted by Crippen LogP contribution is -2.39. The number of aromatic amines is 1. The fraction of sp³-hybridized carbons (Fsp3) is 0.381. The van der Waals surface area contributed by atoms with Crippen LogP contribution in [0, 0.1) is 12.8 Å². The van der Waals surface area contributed by atoms with Crippen LogP contribution in [0.25, 0.3) is 11.5 Å². The molecule has 1 aliphatic rings. The Morgan fingerprint density at radius 2 is 2.03 bits per heavy atom. The number of likely N-dealkylation sites (tertiary alicyclic amines) is 1. The first-order valence-corrected chi connectivity index (χ1v) is 9.80. The van der Waals surface area contributed by atoms with Gasteiger partial charge in [-0.1, -0.05) is 6.07 Å². The van der Waals surface area contributed by atoms with Gasteiger partial charge in [0.1, 0.15) is 17.2 Å². The highest BCUT2D eigenvalue weighted by Crippen LogP contribution is 2.23. The van der Waals surface area contributed by atoms with E-state index in [0.717, 1.165) is 42.3 Å². The molecule has 8 heteroatoms. The predicted molar refractivity (Wildman–Crippen MR) is 108 cm³/mol. The largest absolute Gasteiger partial charge is 0.337 e. The summed E-state index contributed by atoms with van der Waals surface area (Å²) >= 11 is 0. The number of rotatable bonds is 4. The molecule has 1 amide bonds. The van der Waals surface area contributed by atoms with E-state index in [1.54, 1.807) is 23.2 Å². The number of hydrogen-bond acceptors (Lipinski definition) is 5. The van der Waals surface area contributed by atoms with Crippen LogP contribution in [0.5, 0.6) is 0 Å². The summed E-state index contributed by atoms with van der Waals surface area (Å²) in [6, 6.07) is 6.61. The number of nitrogens with one attached hydrogen (secondary N) is 1. The lowest BCUT2D eigenvalue weighted by Gasteiger charge is -2.31. The van der Waals surface area contributed by atoms with Crippen molar-refractivity contribution in [2.45, 2.75) is 26.2 Å². The van der Waals surface area contributed by atoms with Crippen LogP contribution in [0.3, 0.4) is 0 Å².